The van der Waals surface area contributed by atoms with Gasteiger partial charge in [0, 0.05) is 28.7 Å². The molecule has 0 aliphatic heterocycles. The molecule has 0 saturated heterocycles. The van der Waals surface area contributed by atoms with Crippen molar-refractivity contribution in [1.82, 2.24) is 9.97 Å². The molecular weight excluding hydrogens is 264 g/mol. The summed E-state index contributed by atoms with van der Waals surface area (Å²) in [4.78, 5) is 9.15. The van der Waals surface area contributed by atoms with E-state index in [0.717, 1.165) is 6.42 Å². The Hall–Kier alpha value is -1.61. The highest BCUT2D eigenvalue weighted by atomic mass is 32.1. The second-order valence-corrected chi connectivity index (χ2v) is 6.90. The number of nitrogens with one attached hydrogen (secondary N) is 1. The molecular formula is C17H20N2S. The van der Waals surface area contributed by atoms with Gasteiger partial charge in [0.25, 0.3) is 0 Å². The van der Waals surface area contributed by atoms with Crippen LogP contribution in [0.3, 0.4) is 0 Å². The first-order chi connectivity index (χ1) is 9.63. The van der Waals surface area contributed by atoms with Crippen LogP contribution in [-0.4, -0.2) is 9.97 Å². The maximum absolute atomic E-state index is 4.52. The predicted octanol–water partition coefficient (Wildman–Crippen LogP) is 5.09. The third-order valence-electron chi connectivity index (χ3n) is 3.72. The van der Waals surface area contributed by atoms with Crippen molar-refractivity contribution in [3.8, 4) is 0 Å². The van der Waals surface area contributed by atoms with Gasteiger partial charge in [-0.05, 0) is 41.5 Å². The SMILES string of the molecule is CC(C)c1ncc(CC(C)c2ccc3[nH]ccc3c2)s1. The van der Waals surface area contributed by atoms with Gasteiger partial charge in [0.1, 0.15) is 0 Å². The number of fused-ring (bicyclic) bond motifs is 1. The molecule has 0 fully saturated rings. The molecule has 3 heteroatoms. The fraction of sp³-hybridized carbons (Fsp3) is 0.353. The molecule has 1 atom stereocenters. The van der Waals surface area contributed by atoms with Crippen LogP contribution in [-0.2, 0) is 6.42 Å². The van der Waals surface area contributed by atoms with Gasteiger partial charge in [-0.25, -0.2) is 4.98 Å². The lowest BCUT2D eigenvalue weighted by Gasteiger charge is -2.10. The Kier molecular flexibility index (Phi) is 3.62. The maximum Gasteiger partial charge on any atom is 0.0953 e. The third-order valence-corrected chi connectivity index (χ3v) is 5.04. The molecule has 2 aromatic heterocycles. The second-order valence-electron chi connectivity index (χ2n) is 5.75. The molecule has 2 heterocycles. The van der Waals surface area contributed by atoms with Crippen molar-refractivity contribution in [3.63, 3.8) is 0 Å². The van der Waals surface area contributed by atoms with E-state index >= 15 is 0 Å². The number of rotatable bonds is 4. The van der Waals surface area contributed by atoms with Crippen LogP contribution in [0.25, 0.3) is 10.9 Å². The van der Waals surface area contributed by atoms with E-state index in [1.165, 1.54) is 26.4 Å². The fourth-order valence-corrected chi connectivity index (χ4v) is 3.53. The lowest BCUT2D eigenvalue weighted by atomic mass is 9.96. The fourth-order valence-electron chi connectivity index (χ4n) is 2.48. The molecule has 0 radical (unpaired) electrons. The van der Waals surface area contributed by atoms with Crippen molar-refractivity contribution in [2.24, 2.45) is 0 Å². The largest absolute Gasteiger partial charge is 0.361 e. The molecule has 0 bridgehead atoms. The zero-order chi connectivity index (χ0) is 14.1. The smallest absolute Gasteiger partial charge is 0.0953 e. The van der Waals surface area contributed by atoms with Gasteiger partial charge in [0.15, 0.2) is 0 Å². The van der Waals surface area contributed by atoms with Crippen molar-refractivity contribution >= 4 is 22.2 Å². The van der Waals surface area contributed by atoms with Crippen molar-refractivity contribution in [1.29, 1.82) is 0 Å². The van der Waals surface area contributed by atoms with Gasteiger partial charge in [0.05, 0.1) is 5.01 Å². The van der Waals surface area contributed by atoms with Crippen molar-refractivity contribution in [2.75, 3.05) is 0 Å². The highest BCUT2D eigenvalue weighted by Gasteiger charge is 2.11. The van der Waals surface area contributed by atoms with Crippen LogP contribution in [0, 0.1) is 0 Å². The minimum absolute atomic E-state index is 0.523. The first-order valence-corrected chi connectivity index (χ1v) is 7.97. The van der Waals surface area contributed by atoms with E-state index in [-0.39, 0.29) is 0 Å². The summed E-state index contributed by atoms with van der Waals surface area (Å²) in [5.74, 6) is 1.05. The summed E-state index contributed by atoms with van der Waals surface area (Å²) in [5, 5.41) is 2.54. The van der Waals surface area contributed by atoms with Gasteiger partial charge in [-0.1, -0.05) is 26.8 Å². The lowest BCUT2D eigenvalue weighted by Crippen LogP contribution is -1.96. The molecule has 0 aliphatic carbocycles. The van der Waals surface area contributed by atoms with Crippen LogP contribution in [0.4, 0.5) is 0 Å². The van der Waals surface area contributed by atoms with Gasteiger partial charge in [0.2, 0.25) is 0 Å². The lowest BCUT2D eigenvalue weighted by molar-refractivity contribution is 0.768. The van der Waals surface area contributed by atoms with Gasteiger partial charge in [-0.2, -0.15) is 0 Å². The van der Waals surface area contributed by atoms with E-state index in [0.29, 0.717) is 11.8 Å². The molecule has 1 N–H and O–H groups in total. The van der Waals surface area contributed by atoms with Crippen molar-refractivity contribution in [2.45, 2.75) is 39.0 Å². The predicted molar refractivity (Wildman–Crippen MR) is 86.6 cm³/mol. The van der Waals surface area contributed by atoms with E-state index in [4.69, 9.17) is 0 Å². The van der Waals surface area contributed by atoms with Crippen molar-refractivity contribution in [3.05, 3.63) is 52.1 Å². The standard InChI is InChI=1S/C17H20N2S/c1-11(2)17-19-10-15(20-17)8-12(3)13-4-5-16-14(9-13)6-7-18-16/h4-7,9-12,18H,8H2,1-3H3. The van der Waals surface area contributed by atoms with E-state index in [1.54, 1.807) is 0 Å². The number of hydrogen-bond acceptors (Lipinski definition) is 2. The first-order valence-electron chi connectivity index (χ1n) is 7.15. The average Bonchev–Trinajstić information content (AvgIpc) is 3.05. The Labute approximate surface area is 123 Å². The van der Waals surface area contributed by atoms with Gasteiger partial charge in [-0.3, -0.25) is 0 Å². The van der Waals surface area contributed by atoms with E-state index in [9.17, 15) is 0 Å². The highest BCUT2D eigenvalue weighted by molar-refractivity contribution is 7.11. The van der Waals surface area contributed by atoms with Crippen LogP contribution in [0.1, 0.15) is 48.1 Å². The Balaban J connectivity index is 1.78. The summed E-state index contributed by atoms with van der Waals surface area (Å²) < 4.78 is 0. The summed E-state index contributed by atoms with van der Waals surface area (Å²) in [6.07, 6.45) is 5.11. The maximum atomic E-state index is 4.52. The van der Waals surface area contributed by atoms with Crippen LogP contribution in [0.15, 0.2) is 36.7 Å². The summed E-state index contributed by atoms with van der Waals surface area (Å²) in [5.41, 5.74) is 2.61. The molecule has 0 amide bonds. The molecule has 1 unspecified atom stereocenters. The number of thiazole rings is 1. The van der Waals surface area contributed by atoms with Crippen LogP contribution in [0.5, 0.6) is 0 Å². The quantitative estimate of drug-likeness (QED) is 0.710. The number of benzene rings is 1. The van der Waals surface area contributed by atoms with Crippen LogP contribution in [0.2, 0.25) is 0 Å². The zero-order valence-electron chi connectivity index (χ0n) is 12.2. The average molecular weight is 284 g/mol. The van der Waals surface area contributed by atoms with Crippen LogP contribution >= 0.6 is 11.3 Å². The number of aromatic nitrogens is 2. The summed E-state index contributed by atoms with van der Waals surface area (Å²) >= 11 is 1.85. The highest BCUT2D eigenvalue weighted by Crippen LogP contribution is 2.28. The Morgan fingerprint density at radius 2 is 2.05 bits per heavy atom. The Bertz CT molecular complexity index is 708. The Morgan fingerprint density at radius 3 is 2.80 bits per heavy atom. The van der Waals surface area contributed by atoms with E-state index < -0.39 is 0 Å². The molecule has 104 valence electrons. The summed E-state index contributed by atoms with van der Waals surface area (Å²) in [6.45, 7) is 6.69. The number of nitrogens with zero attached hydrogens (tertiary/aromatic N) is 1. The zero-order valence-corrected chi connectivity index (χ0v) is 13.0. The molecule has 3 aromatic rings. The Morgan fingerprint density at radius 1 is 1.20 bits per heavy atom. The van der Waals surface area contributed by atoms with Gasteiger partial charge in [-0.15, -0.1) is 11.3 Å². The number of aromatic amines is 1. The van der Waals surface area contributed by atoms with E-state index in [1.807, 2.05) is 23.7 Å². The number of hydrogen-bond donors (Lipinski definition) is 1. The molecule has 1 aromatic carbocycles. The summed E-state index contributed by atoms with van der Waals surface area (Å²) in [6, 6.07) is 8.83. The van der Waals surface area contributed by atoms with Gasteiger partial charge < -0.3 is 4.98 Å². The van der Waals surface area contributed by atoms with E-state index in [2.05, 4.69) is 55.0 Å². The molecule has 0 aliphatic rings. The molecule has 0 spiro atoms. The number of H-pyrrole nitrogens is 1. The molecule has 0 saturated carbocycles. The molecule has 3 rings (SSSR count). The second kappa shape index (κ2) is 5.41. The normalized spacial score (nSPS) is 13.2. The minimum atomic E-state index is 0.523. The molecule has 20 heavy (non-hydrogen) atoms. The van der Waals surface area contributed by atoms with Gasteiger partial charge >= 0.3 is 0 Å². The van der Waals surface area contributed by atoms with Crippen LogP contribution < -0.4 is 0 Å². The minimum Gasteiger partial charge on any atom is -0.361 e. The monoisotopic (exact) mass is 284 g/mol. The van der Waals surface area contributed by atoms with Crippen molar-refractivity contribution < 1.29 is 0 Å². The first kappa shape index (κ1) is 13.4. The third kappa shape index (κ3) is 2.63. The molecule has 2 nitrogen and oxygen atoms in total. The topological polar surface area (TPSA) is 28.7 Å². The summed E-state index contributed by atoms with van der Waals surface area (Å²) in [7, 11) is 0.